The zero-order valence-corrected chi connectivity index (χ0v) is 9.79. The molecule has 1 aromatic heterocycles. The molecule has 0 atom stereocenters. The third kappa shape index (κ3) is 2.41. The van der Waals surface area contributed by atoms with Crippen LogP contribution in [0.4, 0.5) is 0 Å². The average Bonchev–Trinajstić information content (AvgIpc) is 2.90. The van der Waals surface area contributed by atoms with Gasteiger partial charge in [-0.3, -0.25) is 4.99 Å². The highest BCUT2D eigenvalue weighted by Gasteiger charge is 2.25. The van der Waals surface area contributed by atoms with Crippen molar-refractivity contribution in [1.82, 2.24) is 0 Å². The van der Waals surface area contributed by atoms with Crippen LogP contribution in [0.3, 0.4) is 0 Å². The highest BCUT2D eigenvalue weighted by molar-refractivity contribution is 7.20. The Bertz CT molecular complexity index is 369. The number of hydrogen-bond acceptors (Lipinski definition) is 2. The van der Waals surface area contributed by atoms with E-state index in [0.717, 1.165) is 11.4 Å². The molecule has 2 rings (SSSR count). The van der Waals surface area contributed by atoms with Gasteiger partial charge in [0.05, 0.1) is 21.1 Å². The van der Waals surface area contributed by atoms with Crippen molar-refractivity contribution in [3.8, 4) is 0 Å². The van der Waals surface area contributed by atoms with Gasteiger partial charge >= 0.3 is 0 Å². The molecule has 0 radical (unpaired) electrons. The third-order valence-corrected chi connectivity index (χ3v) is 3.72. The molecule has 2 N–H and O–H groups in total. The van der Waals surface area contributed by atoms with Crippen molar-refractivity contribution >= 4 is 40.4 Å². The molecule has 2 nitrogen and oxygen atoms in total. The molecular formula is C9H10Cl2N2S. The van der Waals surface area contributed by atoms with Gasteiger partial charge in [0.2, 0.25) is 0 Å². The highest BCUT2D eigenvalue weighted by Crippen LogP contribution is 2.32. The molecule has 1 fully saturated rings. The second-order valence-corrected chi connectivity index (χ2v) is 5.65. The van der Waals surface area contributed by atoms with Gasteiger partial charge in [-0.05, 0) is 18.9 Å². The summed E-state index contributed by atoms with van der Waals surface area (Å²) in [5.74, 6) is 1.27. The van der Waals surface area contributed by atoms with Gasteiger partial charge in [0, 0.05) is 11.5 Å². The average molecular weight is 249 g/mol. The Hall–Kier alpha value is -0.250. The smallest absolute Gasteiger partial charge is 0.0994 e. The third-order valence-electron chi connectivity index (χ3n) is 2.15. The van der Waals surface area contributed by atoms with Crippen LogP contribution in [0, 0.1) is 5.92 Å². The van der Waals surface area contributed by atoms with E-state index in [2.05, 4.69) is 4.99 Å². The fourth-order valence-corrected chi connectivity index (χ4v) is 2.64. The van der Waals surface area contributed by atoms with Crippen LogP contribution < -0.4 is 5.73 Å². The van der Waals surface area contributed by atoms with Crippen LogP contribution in [-0.2, 0) is 6.54 Å². The van der Waals surface area contributed by atoms with E-state index >= 15 is 0 Å². The van der Waals surface area contributed by atoms with Crippen LogP contribution in [-0.4, -0.2) is 5.84 Å². The van der Waals surface area contributed by atoms with Gasteiger partial charge in [0.15, 0.2) is 0 Å². The number of thiophene rings is 1. The molecule has 1 aromatic rings. The Morgan fingerprint density at radius 1 is 1.57 bits per heavy atom. The number of rotatable bonds is 3. The van der Waals surface area contributed by atoms with Crippen LogP contribution in [0.25, 0.3) is 0 Å². The van der Waals surface area contributed by atoms with E-state index < -0.39 is 0 Å². The summed E-state index contributed by atoms with van der Waals surface area (Å²) in [6, 6.07) is 1.85. The zero-order chi connectivity index (χ0) is 10.1. The summed E-state index contributed by atoms with van der Waals surface area (Å²) >= 11 is 13.1. The van der Waals surface area contributed by atoms with Gasteiger partial charge in [0.25, 0.3) is 0 Å². The molecule has 5 heteroatoms. The molecule has 0 bridgehead atoms. The first-order valence-electron chi connectivity index (χ1n) is 4.40. The minimum Gasteiger partial charge on any atom is -0.387 e. The Balaban J connectivity index is 2.03. The maximum absolute atomic E-state index is 5.95. The Morgan fingerprint density at radius 3 is 2.79 bits per heavy atom. The van der Waals surface area contributed by atoms with Crippen molar-refractivity contribution in [3.63, 3.8) is 0 Å². The first-order valence-corrected chi connectivity index (χ1v) is 5.97. The molecule has 0 amide bonds. The summed E-state index contributed by atoms with van der Waals surface area (Å²) in [7, 11) is 0. The highest BCUT2D eigenvalue weighted by atomic mass is 35.5. The fraction of sp³-hybridized carbons (Fsp3) is 0.444. The molecular weight excluding hydrogens is 239 g/mol. The van der Waals surface area contributed by atoms with E-state index in [1.807, 2.05) is 6.07 Å². The van der Waals surface area contributed by atoms with Gasteiger partial charge in [-0.15, -0.1) is 11.3 Å². The molecule has 0 spiro atoms. The molecule has 0 unspecified atom stereocenters. The van der Waals surface area contributed by atoms with Crippen LogP contribution in [0.5, 0.6) is 0 Å². The summed E-state index contributed by atoms with van der Waals surface area (Å²) in [5.41, 5.74) is 6.72. The van der Waals surface area contributed by atoms with E-state index in [1.54, 1.807) is 0 Å². The van der Waals surface area contributed by atoms with Crippen molar-refractivity contribution in [2.45, 2.75) is 19.4 Å². The fourth-order valence-electron chi connectivity index (χ4n) is 1.17. The standard InChI is InChI=1S/C9H10Cl2N2S/c10-7-3-6(8(11)14-7)4-13-9(12)5-1-2-5/h3,5H,1-2,4H2,(H2,12,13). The molecule has 1 aliphatic carbocycles. The van der Waals surface area contributed by atoms with E-state index in [0.29, 0.717) is 21.1 Å². The monoisotopic (exact) mass is 248 g/mol. The summed E-state index contributed by atoms with van der Waals surface area (Å²) < 4.78 is 1.41. The normalized spacial score (nSPS) is 17.4. The topological polar surface area (TPSA) is 38.4 Å². The summed E-state index contributed by atoms with van der Waals surface area (Å²) in [4.78, 5) is 4.29. The molecule has 0 aliphatic heterocycles. The molecule has 76 valence electrons. The zero-order valence-electron chi connectivity index (χ0n) is 7.46. The van der Waals surface area contributed by atoms with Crippen molar-refractivity contribution in [2.75, 3.05) is 0 Å². The van der Waals surface area contributed by atoms with Gasteiger partial charge in [-0.2, -0.15) is 0 Å². The maximum Gasteiger partial charge on any atom is 0.0994 e. The maximum atomic E-state index is 5.95. The molecule has 0 saturated heterocycles. The lowest BCUT2D eigenvalue weighted by Gasteiger charge is -1.96. The van der Waals surface area contributed by atoms with E-state index in [1.165, 1.54) is 24.2 Å². The van der Waals surface area contributed by atoms with Crippen molar-refractivity contribution in [1.29, 1.82) is 0 Å². The van der Waals surface area contributed by atoms with Gasteiger partial charge in [-0.25, -0.2) is 0 Å². The summed E-state index contributed by atoms with van der Waals surface area (Å²) in [6.07, 6.45) is 2.35. The number of amidine groups is 1. The largest absolute Gasteiger partial charge is 0.387 e. The predicted octanol–water partition coefficient (Wildman–Crippen LogP) is 3.32. The Labute approximate surface area is 96.7 Å². The minimum absolute atomic E-state index is 0.517. The predicted molar refractivity (Wildman–Crippen MR) is 62.4 cm³/mol. The summed E-state index contributed by atoms with van der Waals surface area (Å²) in [6.45, 7) is 0.546. The quantitative estimate of drug-likeness (QED) is 0.647. The van der Waals surface area contributed by atoms with Crippen LogP contribution in [0.15, 0.2) is 11.1 Å². The molecule has 1 saturated carbocycles. The number of nitrogens with two attached hydrogens (primary N) is 1. The number of halogens is 2. The molecule has 1 heterocycles. The van der Waals surface area contributed by atoms with Gasteiger partial charge in [-0.1, -0.05) is 23.2 Å². The lowest BCUT2D eigenvalue weighted by Crippen LogP contribution is -2.13. The van der Waals surface area contributed by atoms with E-state index in [4.69, 9.17) is 28.9 Å². The molecule has 1 aliphatic rings. The van der Waals surface area contributed by atoms with Crippen molar-refractivity contribution < 1.29 is 0 Å². The lowest BCUT2D eigenvalue weighted by atomic mass is 10.3. The first kappa shape index (κ1) is 10.3. The lowest BCUT2D eigenvalue weighted by molar-refractivity contribution is 1.02. The SMILES string of the molecule is NC(=NCc1cc(Cl)sc1Cl)C1CC1. The molecule has 14 heavy (non-hydrogen) atoms. The van der Waals surface area contributed by atoms with Gasteiger partial charge in [0.1, 0.15) is 0 Å². The number of aliphatic imine (C=N–C) groups is 1. The van der Waals surface area contributed by atoms with E-state index in [-0.39, 0.29) is 0 Å². The minimum atomic E-state index is 0.517. The van der Waals surface area contributed by atoms with Crippen molar-refractivity contribution in [2.24, 2.45) is 16.6 Å². The van der Waals surface area contributed by atoms with Gasteiger partial charge < -0.3 is 5.73 Å². The van der Waals surface area contributed by atoms with E-state index in [9.17, 15) is 0 Å². The van der Waals surface area contributed by atoms with Crippen LogP contribution >= 0.6 is 34.5 Å². The second-order valence-electron chi connectivity index (χ2n) is 3.36. The van der Waals surface area contributed by atoms with Crippen LogP contribution in [0.2, 0.25) is 8.67 Å². The Morgan fingerprint density at radius 2 is 2.29 bits per heavy atom. The number of hydrogen-bond donors (Lipinski definition) is 1. The second kappa shape index (κ2) is 4.09. The Kier molecular flexibility index (Phi) is 3.00. The first-order chi connectivity index (χ1) is 6.66. The number of nitrogens with zero attached hydrogens (tertiary/aromatic N) is 1. The molecule has 0 aromatic carbocycles. The van der Waals surface area contributed by atoms with Crippen molar-refractivity contribution in [3.05, 3.63) is 20.3 Å². The summed E-state index contributed by atoms with van der Waals surface area (Å²) in [5, 5.41) is 0. The van der Waals surface area contributed by atoms with Crippen LogP contribution in [0.1, 0.15) is 18.4 Å².